The molecule has 0 heterocycles. The van der Waals surface area contributed by atoms with Crippen LogP contribution in [0.25, 0.3) is 0 Å². The van der Waals surface area contributed by atoms with E-state index in [2.05, 4.69) is 10.6 Å². The van der Waals surface area contributed by atoms with Gasteiger partial charge in [-0.05, 0) is 24.6 Å². The van der Waals surface area contributed by atoms with E-state index in [0.29, 0.717) is 24.5 Å². The summed E-state index contributed by atoms with van der Waals surface area (Å²) in [5.74, 6) is 0.0583. The average Bonchev–Trinajstić information content (AvgIpc) is 2.28. The van der Waals surface area contributed by atoms with Crippen molar-refractivity contribution in [1.29, 1.82) is 0 Å². The Morgan fingerprint density at radius 2 is 1.82 bits per heavy atom. The van der Waals surface area contributed by atoms with E-state index in [-0.39, 0.29) is 11.8 Å². The maximum Gasteiger partial charge on any atom is 0.315 e. The third kappa shape index (κ3) is 5.92. The number of carbonyl (C=O) groups is 2. The monoisotopic (exact) mass is 254 g/mol. The summed E-state index contributed by atoms with van der Waals surface area (Å²) in [6, 6.07) is 6.95. The number of ketones is 1. The van der Waals surface area contributed by atoms with Gasteiger partial charge in [0.25, 0.3) is 0 Å². The molecular formula is C12H15ClN2O2. The molecule has 2 N–H and O–H groups in total. The van der Waals surface area contributed by atoms with E-state index in [1.54, 1.807) is 12.1 Å². The minimum atomic E-state index is -0.277. The van der Waals surface area contributed by atoms with Gasteiger partial charge in [0.05, 0.1) is 0 Å². The minimum Gasteiger partial charge on any atom is -0.338 e. The van der Waals surface area contributed by atoms with Crippen LogP contribution in [-0.4, -0.2) is 18.4 Å². The first kappa shape index (κ1) is 13.5. The van der Waals surface area contributed by atoms with Crippen LogP contribution in [0, 0.1) is 0 Å². The highest BCUT2D eigenvalue weighted by Gasteiger charge is 2.00. The Morgan fingerprint density at radius 1 is 1.18 bits per heavy atom. The summed E-state index contributed by atoms with van der Waals surface area (Å²) in [7, 11) is 0. The molecule has 0 aliphatic heterocycles. The fourth-order valence-electron chi connectivity index (χ4n) is 1.20. The van der Waals surface area contributed by atoms with Crippen LogP contribution in [0.1, 0.15) is 18.9 Å². The number of hydrogen-bond donors (Lipinski definition) is 2. The van der Waals surface area contributed by atoms with Gasteiger partial charge in [-0.25, -0.2) is 4.79 Å². The molecule has 1 aromatic rings. The third-order valence-electron chi connectivity index (χ3n) is 2.13. The minimum absolute atomic E-state index is 0.0583. The number of rotatable bonds is 5. The molecule has 17 heavy (non-hydrogen) atoms. The molecule has 0 saturated heterocycles. The van der Waals surface area contributed by atoms with Gasteiger partial charge in [-0.1, -0.05) is 23.7 Å². The molecule has 0 aromatic heterocycles. The molecule has 2 amide bonds. The molecule has 0 spiro atoms. The molecule has 1 rings (SSSR count). The zero-order chi connectivity index (χ0) is 12.7. The van der Waals surface area contributed by atoms with E-state index in [9.17, 15) is 9.59 Å². The summed E-state index contributed by atoms with van der Waals surface area (Å²) in [5.41, 5.74) is 0.969. The number of nitrogens with one attached hydrogen (secondary N) is 2. The van der Waals surface area contributed by atoms with Crippen LogP contribution < -0.4 is 10.6 Å². The van der Waals surface area contributed by atoms with Crippen molar-refractivity contribution in [3.8, 4) is 0 Å². The molecule has 0 bridgehead atoms. The molecule has 0 unspecified atom stereocenters. The molecule has 5 heteroatoms. The van der Waals surface area contributed by atoms with E-state index in [4.69, 9.17) is 11.6 Å². The van der Waals surface area contributed by atoms with Gasteiger partial charge >= 0.3 is 6.03 Å². The van der Waals surface area contributed by atoms with Crippen LogP contribution in [0.15, 0.2) is 24.3 Å². The first-order valence-electron chi connectivity index (χ1n) is 5.33. The van der Waals surface area contributed by atoms with Crippen molar-refractivity contribution in [2.75, 3.05) is 6.54 Å². The van der Waals surface area contributed by atoms with E-state index in [1.807, 2.05) is 12.1 Å². The van der Waals surface area contributed by atoms with E-state index < -0.39 is 0 Å². The fourth-order valence-corrected chi connectivity index (χ4v) is 1.33. The normalized spacial score (nSPS) is 9.76. The van der Waals surface area contributed by atoms with Crippen molar-refractivity contribution in [3.63, 3.8) is 0 Å². The summed E-state index contributed by atoms with van der Waals surface area (Å²) in [6.07, 6.45) is 0.356. The first-order valence-corrected chi connectivity index (χ1v) is 5.71. The largest absolute Gasteiger partial charge is 0.338 e. The summed E-state index contributed by atoms with van der Waals surface area (Å²) >= 11 is 5.74. The maximum atomic E-state index is 11.3. The Kier molecular flexibility index (Phi) is 5.49. The molecule has 0 saturated carbocycles. The standard InChI is InChI=1S/C12H15ClN2O2/c1-9(16)6-7-14-12(17)15-8-10-2-4-11(13)5-3-10/h2-5H,6-8H2,1H3,(H2,14,15,17). The van der Waals surface area contributed by atoms with Crippen LogP contribution in [-0.2, 0) is 11.3 Å². The van der Waals surface area contributed by atoms with E-state index in [0.717, 1.165) is 5.56 Å². The van der Waals surface area contributed by atoms with Crippen LogP contribution >= 0.6 is 11.6 Å². The summed E-state index contributed by atoms with van der Waals surface area (Å²) < 4.78 is 0. The number of halogens is 1. The number of benzene rings is 1. The Balaban J connectivity index is 2.23. The summed E-state index contributed by atoms with van der Waals surface area (Å²) in [6.45, 7) is 2.29. The van der Waals surface area contributed by atoms with Crippen molar-refractivity contribution in [2.24, 2.45) is 0 Å². The predicted molar refractivity (Wildman–Crippen MR) is 67.0 cm³/mol. The van der Waals surface area contributed by atoms with Gasteiger partial charge in [-0.3, -0.25) is 4.79 Å². The molecule has 0 aliphatic carbocycles. The second-order valence-electron chi connectivity index (χ2n) is 3.69. The van der Waals surface area contributed by atoms with Gasteiger partial charge in [-0.15, -0.1) is 0 Å². The molecule has 4 nitrogen and oxygen atoms in total. The van der Waals surface area contributed by atoms with Gasteiger partial charge in [-0.2, -0.15) is 0 Å². The lowest BCUT2D eigenvalue weighted by Crippen LogP contribution is -2.36. The number of hydrogen-bond acceptors (Lipinski definition) is 2. The van der Waals surface area contributed by atoms with Gasteiger partial charge < -0.3 is 10.6 Å². The van der Waals surface area contributed by atoms with Crippen LogP contribution in [0.4, 0.5) is 4.79 Å². The van der Waals surface area contributed by atoms with E-state index >= 15 is 0 Å². The fraction of sp³-hybridized carbons (Fsp3) is 0.333. The zero-order valence-electron chi connectivity index (χ0n) is 9.63. The average molecular weight is 255 g/mol. The molecule has 0 fully saturated rings. The van der Waals surface area contributed by atoms with Gasteiger partial charge in [0.15, 0.2) is 0 Å². The predicted octanol–water partition coefficient (Wildman–Crippen LogP) is 2.12. The summed E-state index contributed by atoms with van der Waals surface area (Å²) in [4.78, 5) is 22.0. The summed E-state index contributed by atoms with van der Waals surface area (Å²) in [5, 5.41) is 5.95. The lowest BCUT2D eigenvalue weighted by atomic mass is 10.2. The highest BCUT2D eigenvalue weighted by atomic mass is 35.5. The van der Waals surface area contributed by atoms with Crippen LogP contribution in [0.5, 0.6) is 0 Å². The Morgan fingerprint density at radius 3 is 2.41 bits per heavy atom. The van der Waals surface area contributed by atoms with Crippen molar-refractivity contribution in [3.05, 3.63) is 34.9 Å². The Labute approximate surface area is 105 Å². The van der Waals surface area contributed by atoms with Crippen LogP contribution in [0.3, 0.4) is 0 Å². The molecule has 92 valence electrons. The number of carbonyl (C=O) groups excluding carboxylic acids is 2. The highest BCUT2D eigenvalue weighted by Crippen LogP contribution is 2.08. The molecule has 0 atom stereocenters. The highest BCUT2D eigenvalue weighted by molar-refractivity contribution is 6.30. The molecule has 0 radical (unpaired) electrons. The first-order chi connectivity index (χ1) is 8.08. The number of amides is 2. The Hall–Kier alpha value is -1.55. The lowest BCUT2D eigenvalue weighted by molar-refractivity contribution is -0.116. The van der Waals surface area contributed by atoms with Gasteiger partial charge in [0.1, 0.15) is 5.78 Å². The van der Waals surface area contributed by atoms with Crippen molar-refractivity contribution >= 4 is 23.4 Å². The van der Waals surface area contributed by atoms with Crippen molar-refractivity contribution in [2.45, 2.75) is 19.9 Å². The molecule has 1 aromatic carbocycles. The van der Waals surface area contributed by atoms with E-state index in [1.165, 1.54) is 6.92 Å². The second kappa shape index (κ2) is 6.91. The maximum absolute atomic E-state index is 11.3. The van der Waals surface area contributed by atoms with Gasteiger partial charge in [0.2, 0.25) is 0 Å². The smallest absolute Gasteiger partial charge is 0.315 e. The van der Waals surface area contributed by atoms with Crippen molar-refractivity contribution < 1.29 is 9.59 Å². The SMILES string of the molecule is CC(=O)CCNC(=O)NCc1ccc(Cl)cc1. The molecular weight excluding hydrogens is 240 g/mol. The molecule has 0 aliphatic rings. The van der Waals surface area contributed by atoms with Crippen molar-refractivity contribution in [1.82, 2.24) is 10.6 Å². The number of Topliss-reactive ketones (excluding diaryl/α,β-unsaturated/α-hetero) is 1. The van der Waals surface area contributed by atoms with Crippen LogP contribution in [0.2, 0.25) is 5.02 Å². The third-order valence-corrected chi connectivity index (χ3v) is 2.38. The quantitative estimate of drug-likeness (QED) is 0.846. The Bertz CT molecular complexity index is 390. The second-order valence-corrected chi connectivity index (χ2v) is 4.12. The number of urea groups is 1. The lowest BCUT2D eigenvalue weighted by Gasteiger charge is -2.06. The zero-order valence-corrected chi connectivity index (χ0v) is 10.4. The van der Waals surface area contributed by atoms with Gasteiger partial charge in [0, 0.05) is 24.5 Å². The topological polar surface area (TPSA) is 58.2 Å².